The van der Waals surface area contributed by atoms with E-state index in [1.54, 1.807) is 16.7 Å². The SMILES string of the molecule is C[C@H]1C(=O)N2[C@@H](CCC(=O)N3CCC4(CC4)C(O)C3)CO[C@H]2CN1C(=O)O. The summed E-state index contributed by atoms with van der Waals surface area (Å²) in [6, 6.07) is -0.958. The van der Waals surface area contributed by atoms with Gasteiger partial charge in [0, 0.05) is 19.5 Å². The highest BCUT2D eigenvalue weighted by atomic mass is 16.5. The Kier molecular flexibility index (Phi) is 4.54. The third kappa shape index (κ3) is 3.16. The maximum atomic E-state index is 12.6. The Labute approximate surface area is 157 Å². The molecule has 27 heavy (non-hydrogen) atoms. The average molecular weight is 381 g/mol. The first kappa shape index (κ1) is 18.5. The lowest BCUT2D eigenvalue weighted by atomic mass is 9.90. The van der Waals surface area contributed by atoms with Crippen molar-refractivity contribution in [2.45, 2.75) is 63.4 Å². The van der Waals surface area contributed by atoms with Crippen LogP contribution in [0.3, 0.4) is 0 Å². The molecule has 1 aliphatic carbocycles. The number of aliphatic hydroxyl groups is 1. The molecule has 0 aromatic carbocycles. The maximum absolute atomic E-state index is 12.6. The molecule has 0 bridgehead atoms. The molecule has 0 radical (unpaired) electrons. The number of hydrogen-bond donors (Lipinski definition) is 2. The van der Waals surface area contributed by atoms with Crippen LogP contribution in [0.2, 0.25) is 0 Å². The monoisotopic (exact) mass is 381 g/mol. The van der Waals surface area contributed by atoms with Gasteiger partial charge in [0.25, 0.3) is 0 Å². The minimum absolute atomic E-state index is 0.00216. The molecule has 0 aromatic heterocycles. The lowest BCUT2D eigenvalue weighted by Crippen LogP contribution is -2.61. The van der Waals surface area contributed by atoms with Gasteiger partial charge in [0.2, 0.25) is 11.8 Å². The molecule has 1 saturated carbocycles. The first-order valence-corrected chi connectivity index (χ1v) is 9.71. The molecule has 1 unspecified atom stereocenters. The topological polar surface area (TPSA) is 111 Å². The lowest BCUT2D eigenvalue weighted by Gasteiger charge is -2.41. The van der Waals surface area contributed by atoms with E-state index in [1.165, 1.54) is 0 Å². The van der Waals surface area contributed by atoms with Crippen LogP contribution in [-0.2, 0) is 14.3 Å². The van der Waals surface area contributed by atoms with Gasteiger partial charge in [-0.1, -0.05) is 0 Å². The molecule has 3 saturated heterocycles. The van der Waals surface area contributed by atoms with Crippen molar-refractivity contribution in [3.63, 3.8) is 0 Å². The average Bonchev–Trinajstić information content (AvgIpc) is 3.30. The van der Waals surface area contributed by atoms with Crippen molar-refractivity contribution in [3.8, 4) is 0 Å². The number of piperazine rings is 1. The number of carboxylic acid groups (broad SMARTS) is 1. The van der Waals surface area contributed by atoms with Crippen LogP contribution >= 0.6 is 0 Å². The molecule has 1 spiro atoms. The van der Waals surface area contributed by atoms with Gasteiger partial charge in [-0.05, 0) is 38.0 Å². The van der Waals surface area contributed by atoms with E-state index in [0.29, 0.717) is 32.5 Å². The summed E-state index contributed by atoms with van der Waals surface area (Å²) in [6.07, 6.45) is 1.62. The number of rotatable bonds is 3. The fraction of sp³-hybridized carbons (Fsp3) is 0.833. The standard InChI is InChI=1S/C18H27N3O6/c1-11-16(24)21-12(10-27-15(21)9-20(11)17(25)26)2-3-14(23)19-7-6-18(4-5-18)13(22)8-19/h11-13,15,22H,2-10H2,1H3,(H,25,26)/t11-,12-,13?,15-/m0/s1. The molecule has 150 valence electrons. The van der Waals surface area contributed by atoms with Gasteiger partial charge in [-0.15, -0.1) is 0 Å². The van der Waals surface area contributed by atoms with Crippen molar-refractivity contribution >= 4 is 17.9 Å². The van der Waals surface area contributed by atoms with Gasteiger partial charge in [0.1, 0.15) is 6.04 Å². The second-order valence-corrected chi connectivity index (χ2v) is 8.30. The van der Waals surface area contributed by atoms with Crippen molar-refractivity contribution in [2.75, 3.05) is 26.2 Å². The van der Waals surface area contributed by atoms with Crippen molar-refractivity contribution in [1.29, 1.82) is 0 Å². The Bertz CT molecular complexity index is 651. The minimum Gasteiger partial charge on any atom is -0.465 e. The van der Waals surface area contributed by atoms with Crippen LogP contribution < -0.4 is 0 Å². The van der Waals surface area contributed by atoms with Crippen LogP contribution in [-0.4, -0.2) is 93.5 Å². The van der Waals surface area contributed by atoms with Gasteiger partial charge >= 0.3 is 6.09 Å². The summed E-state index contributed by atoms with van der Waals surface area (Å²) in [6.45, 7) is 3.11. The van der Waals surface area contributed by atoms with Crippen LogP contribution in [0.25, 0.3) is 0 Å². The van der Waals surface area contributed by atoms with Gasteiger partial charge in [-0.3, -0.25) is 14.5 Å². The van der Waals surface area contributed by atoms with Gasteiger partial charge in [-0.2, -0.15) is 0 Å². The zero-order chi connectivity index (χ0) is 19.3. The van der Waals surface area contributed by atoms with E-state index in [4.69, 9.17) is 4.74 Å². The molecule has 9 nitrogen and oxygen atoms in total. The summed E-state index contributed by atoms with van der Waals surface area (Å²) in [7, 11) is 0. The highest BCUT2D eigenvalue weighted by Crippen LogP contribution is 2.53. The fourth-order valence-corrected chi connectivity index (χ4v) is 4.66. The molecule has 4 fully saturated rings. The number of β-amino-alcohol motifs (C(OH)–C–C–N with tert-alkyl or cyclic N) is 1. The van der Waals surface area contributed by atoms with Gasteiger partial charge in [0.15, 0.2) is 6.23 Å². The summed E-state index contributed by atoms with van der Waals surface area (Å²) in [5.74, 6) is -0.273. The van der Waals surface area contributed by atoms with Crippen molar-refractivity contribution in [2.24, 2.45) is 5.41 Å². The third-order valence-corrected chi connectivity index (χ3v) is 6.78. The van der Waals surface area contributed by atoms with Crippen LogP contribution in [0, 0.1) is 5.41 Å². The van der Waals surface area contributed by atoms with Gasteiger partial charge in [0.05, 0.1) is 25.3 Å². The molecule has 9 heteroatoms. The van der Waals surface area contributed by atoms with Gasteiger partial charge < -0.3 is 24.7 Å². The molecule has 3 aliphatic heterocycles. The Morgan fingerprint density at radius 2 is 2.00 bits per heavy atom. The largest absolute Gasteiger partial charge is 0.465 e. The van der Waals surface area contributed by atoms with E-state index in [-0.39, 0.29) is 29.8 Å². The predicted molar refractivity (Wildman–Crippen MR) is 92.7 cm³/mol. The van der Waals surface area contributed by atoms with Crippen molar-refractivity contribution in [1.82, 2.24) is 14.7 Å². The van der Waals surface area contributed by atoms with Crippen LogP contribution in [0.15, 0.2) is 0 Å². The maximum Gasteiger partial charge on any atom is 0.408 e. The fourth-order valence-electron chi connectivity index (χ4n) is 4.66. The summed E-state index contributed by atoms with van der Waals surface area (Å²) in [4.78, 5) is 40.9. The van der Waals surface area contributed by atoms with E-state index < -0.39 is 24.5 Å². The Morgan fingerprint density at radius 3 is 2.63 bits per heavy atom. The van der Waals surface area contributed by atoms with Crippen LogP contribution in [0.1, 0.15) is 39.0 Å². The summed E-state index contributed by atoms with van der Waals surface area (Å²) in [5, 5.41) is 19.5. The number of aliphatic hydroxyl groups excluding tert-OH is 1. The Hall–Kier alpha value is -1.87. The quantitative estimate of drug-likeness (QED) is 0.716. The van der Waals surface area contributed by atoms with E-state index in [2.05, 4.69) is 0 Å². The predicted octanol–water partition coefficient (Wildman–Crippen LogP) is 0.0756. The molecule has 3 amide bonds. The third-order valence-electron chi connectivity index (χ3n) is 6.78. The Balaban J connectivity index is 1.32. The number of hydrogen-bond acceptors (Lipinski definition) is 5. The number of ether oxygens (including phenoxy) is 1. The number of amides is 3. The summed E-state index contributed by atoms with van der Waals surface area (Å²) < 4.78 is 5.63. The van der Waals surface area contributed by atoms with Crippen molar-refractivity contribution in [3.05, 3.63) is 0 Å². The lowest BCUT2D eigenvalue weighted by molar-refractivity contribution is -0.152. The van der Waals surface area contributed by atoms with E-state index in [9.17, 15) is 24.6 Å². The molecule has 3 heterocycles. The molecule has 4 rings (SSSR count). The second-order valence-electron chi connectivity index (χ2n) is 8.30. The number of piperidine rings is 1. The number of likely N-dealkylation sites (tertiary alicyclic amines) is 1. The van der Waals surface area contributed by atoms with Crippen LogP contribution in [0.5, 0.6) is 0 Å². The van der Waals surface area contributed by atoms with Gasteiger partial charge in [-0.25, -0.2) is 4.79 Å². The summed E-state index contributed by atoms with van der Waals surface area (Å²) >= 11 is 0. The first-order valence-electron chi connectivity index (χ1n) is 9.71. The minimum atomic E-state index is -1.13. The number of carbonyl (C=O) groups excluding carboxylic acids is 2. The van der Waals surface area contributed by atoms with E-state index >= 15 is 0 Å². The number of fused-ring (bicyclic) bond motifs is 1. The zero-order valence-electron chi connectivity index (χ0n) is 15.5. The molecule has 4 aliphatic rings. The van der Waals surface area contributed by atoms with E-state index in [0.717, 1.165) is 24.2 Å². The Morgan fingerprint density at radius 1 is 1.26 bits per heavy atom. The van der Waals surface area contributed by atoms with E-state index in [1.807, 2.05) is 0 Å². The highest BCUT2D eigenvalue weighted by molar-refractivity contribution is 5.87. The first-order chi connectivity index (χ1) is 12.8. The molecular weight excluding hydrogens is 354 g/mol. The summed E-state index contributed by atoms with van der Waals surface area (Å²) in [5.41, 5.74) is 0.0651. The molecule has 0 aromatic rings. The normalized spacial score (nSPS) is 34.7. The van der Waals surface area contributed by atoms with Crippen LogP contribution in [0.4, 0.5) is 4.79 Å². The highest BCUT2D eigenvalue weighted by Gasteiger charge is 2.52. The molecular formula is C18H27N3O6. The zero-order valence-corrected chi connectivity index (χ0v) is 15.5. The smallest absolute Gasteiger partial charge is 0.408 e. The molecule has 4 atom stereocenters. The number of carbonyl (C=O) groups is 3. The molecule has 2 N–H and O–H groups in total. The number of nitrogens with zero attached hydrogens (tertiary/aromatic N) is 3. The second kappa shape index (κ2) is 6.63. The van der Waals surface area contributed by atoms with Crippen molar-refractivity contribution < 1.29 is 29.3 Å².